The van der Waals surface area contributed by atoms with E-state index in [0.29, 0.717) is 56.5 Å². The third-order valence-electron chi connectivity index (χ3n) is 13.3. The number of ether oxygens (including phenoxy) is 1. The number of aliphatic hydroxyl groups excluding tert-OH is 3. The van der Waals surface area contributed by atoms with Crippen molar-refractivity contribution in [2.45, 2.75) is 122 Å². The minimum atomic E-state index is -0.787. The number of aryl methyl sites for hydroxylation is 1. The van der Waals surface area contributed by atoms with E-state index in [1.54, 1.807) is 25.3 Å². The first-order chi connectivity index (χ1) is 29.3. The number of nitrogen functional groups attached to an aromatic ring is 1. The number of allylic oxidation sites excluding steroid dienone is 1. The van der Waals surface area contributed by atoms with Crippen molar-refractivity contribution in [3.63, 3.8) is 0 Å². The number of ketones is 2. The molecule has 3 aliphatic rings. The van der Waals surface area contributed by atoms with Gasteiger partial charge < -0.3 is 30.9 Å². The number of pyridine rings is 1. The Labute approximate surface area is 361 Å². The smallest absolute Gasteiger partial charge is 0.177 e. The summed E-state index contributed by atoms with van der Waals surface area (Å²) in [5, 5.41) is 43.1. The summed E-state index contributed by atoms with van der Waals surface area (Å²) in [6.07, 6.45) is 9.45. The first kappa shape index (κ1) is 45.6. The van der Waals surface area contributed by atoms with Crippen LogP contribution >= 0.6 is 0 Å². The van der Waals surface area contributed by atoms with Crippen molar-refractivity contribution in [1.82, 2.24) is 4.98 Å². The predicted octanol–water partition coefficient (Wildman–Crippen LogP) is 7.75. The van der Waals surface area contributed by atoms with Crippen LogP contribution in [0.15, 0.2) is 77.6 Å². The van der Waals surface area contributed by atoms with Gasteiger partial charge in [-0.15, -0.1) is 4.99 Å². The van der Waals surface area contributed by atoms with Crippen molar-refractivity contribution in [3.05, 3.63) is 101 Å². The fourth-order valence-corrected chi connectivity index (χ4v) is 9.84. The van der Waals surface area contributed by atoms with Crippen molar-refractivity contribution >= 4 is 23.6 Å². The molecule has 2 aliphatic carbocycles. The zero-order chi connectivity index (χ0) is 43.6. The number of hydrogen-bond acceptors (Lipinski definition) is 10. The van der Waals surface area contributed by atoms with E-state index in [1.165, 1.54) is 7.11 Å². The average Bonchev–Trinajstić information content (AvgIpc) is 3.63. The topological polar surface area (TPSA) is 176 Å². The molecule has 0 spiro atoms. The SMILES string of the molecule is CCCC(C(O)CC1=C[C+](C(C)CCC(O)C(C)O)C=N1)C1CC(Cc2ccnc(N)c2)CC2C#CC(c3ccccc3)c3cc(O)c(OC)cc3CCC(=O)CC(=O)C2C1. The highest BCUT2D eigenvalue weighted by atomic mass is 16.5. The number of aromatic hydroxyl groups is 1. The number of nitrogens with zero attached hydrogens (tertiary/aromatic N) is 2. The second-order valence-corrected chi connectivity index (χ2v) is 17.8. The molecule has 6 N–H and O–H groups in total. The van der Waals surface area contributed by atoms with Gasteiger partial charge in [0, 0.05) is 30.4 Å². The summed E-state index contributed by atoms with van der Waals surface area (Å²) in [4.78, 5) is 37.3. The molecule has 61 heavy (non-hydrogen) atoms. The lowest BCUT2D eigenvalue weighted by Gasteiger charge is -2.32. The Bertz CT molecular complexity index is 2090. The van der Waals surface area contributed by atoms with E-state index in [9.17, 15) is 30.0 Å². The Morgan fingerprint density at radius 3 is 2.46 bits per heavy atom. The number of rotatable bonds is 15. The number of phenols is 1. The highest BCUT2D eigenvalue weighted by molar-refractivity contribution is 6.00. The van der Waals surface area contributed by atoms with Gasteiger partial charge in [-0.2, -0.15) is 0 Å². The van der Waals surface area contributed by atoms with Crippen LogP contribution in [0.4, 0.5) is 5.82 Å². The number of nitrogens with two attached hydrogens (primary N) is 1. The first-order valence-electron chi connectivity index (χ1n) is 22.2. The van der Waals surface area contributed by atoms with Crippen LogP contribution in [0, 0.1) is 53.3 Å². The van der Waals surface area contributed by atoms with Gasteiger partial charge in [0.1, 0.15) is 35.6 Å². The van der Waals surface area contributed by atoms with Crippen molar-refractivity contribution in [3.8, 4) is 23.3 Å². The summed E-state index contributed by atoms with van der Waals surface area (Å²) >= 11 is 0. The number of carbonyl (C=O) groups excluding carboxylic acids is 2. The van der Waals surface area contributed by atoms with Gasteiger partial charge in [-0.3, -0.25) is 9.59 Å². The second kappa shape index (κ2) is 21.2. The summed E-state index contributed by atoms with van der Waals surface area (Å²) < 4.78 is 5.48. The van der Waals surface area contributed by atoms with Gasteiger partial charge in [0.2, 0.25) is 0 Å². The number of hydrogen-bond donors (Lipinski definition) is 5. The van der Waals surface area contributed by atoms with Gasteiger partial charge in [-0.1, -0.05) is 55.5 Å². The lowest BCUT2D eigenvalue weighted by Crippen LogP contribution is -2.32. The number of aliphatic hydroxyl groups is 3. The largest absolute Gasteiger partial charge is 0.504 e. The molecule has 0 bridgehead atoms. The van der Waals surface area contributed by atoms with Crippen LogP contribution in [0.5, 0.6) is 11.5 Å². The molecule has 6 rings (SSSR count). The number of aromatic nitrogens is 1. The van der Waals surface area contributed by atoms with Crippen molar-refractivity contribution in [2.24, 2.45) is 40.5 Å². The number of phenolic OH excluding ortho intramolecular Hbond substituents is 1. The molecular weight excluding hydrogens is 767 g/mol. The predicted molar refractivity (Wildman–Crippen MR) is 239 cm³/mol. The zero-order valence-corrected chi connectivity index (χ0v) is 36.2. The average molecular weight is 831 g/mol. The van der Waals surface area contributed by atoms with Crippen molar-refractivity contribution < 1.29 is 34.8 Å². The molecule has 1 aliphatic heterocycles. The third-order valence-corrected chi connectivity index (χ3v) is 13.3. The molecule has 10 atom stereocenters. The second-order valence-electron chi connectivity index (χ2n) is 17.8. The maximum absolute atomic E-state index is 14.6. The van der Waals surface area contributed by atoms with Gasteiger partial charge in [0.15, 0.2) is 17.2 Å². The molecule has 324 valence electrons. The molecule has 3 aromatic rings. The number of benzene rings is 2. The van der Waals surface area contributed by atoms with Crippen molar-refractivity contribution in [1.29, 1.82) is 0 Å². The molecule has 0 amide bonds. The van der Waals surface area contributed by atoms with Crippen LogP contribution in [0.25, 0.3) is 0 Å². The molecular formula is C51H64N3O7+. The van der Waals surface area contributed by atoms with E-state index < -0.39 is 30.1 Å². The normalized spacial score (nSPS) is 24.3. The maximum atomic E-state index is 14.6. The Balaban J connectivity index is 1.36. The zero-order valence-electron chi connectivity index (χ0n) is 36.2. The summed E-state index contributed by atoms with van der Waals surface area (Å²) in [6, 6.07) is 17.3. The van der Waals surface area contributed by atoms with Crippen LogP contribution in [-0.4, -0.2) is 68.6 Å². The molecule has 10 heteroatoms. The van der Waals surface area contributed by atoms with E-state index in [4.69, 9.17) is 15.5 Å². The van der Waals surface area contributed by atoms with E-state index >= 15 is 0 Å². The highest BCUT2D eigenvalue weighted by Crippen LogP contribution is 2.45. The lowest BCUT2D eigenvalue weighted by atomic mass is 9.73. The number of fused-ring (bicyclic) bond motifs is 2. The fourth-order valence-electron chi connectivity index (χ4n) is 9.84. The minimum Gasteiger partial charge on any atom is -0.504 e. The van der Waals surface area contributed by atoms with Gasteiger partial charge >= 0.3 is 0 Å². The van der Waals surface area contributed by atoms with Gasteiger partial charge in [-0.05, 0) is 129 Å². The molecule has 1 fully saturated rings. The molecule has 1 aromatic heterocycles. The summed E-state index contributed by atoms with van der Waals surface area (Å²) in [5.41, 5.74) is 10.6. The van der Waals surface area contributed by atoms with E-state index in [1.807, 2.05) is 54.8 Å². The quantitative estimate of drug-likeness (QED) is 0.0583. The minimum absolute atomic E-state index is 0.000195. The van der Waals surface area contributed by atoms with E-state index in [-0.39, 0.29) is 59.7 Å². The lowest BCUT2D eigenvalue weighted by molar-refractivity contribution is -0.130. The van der Waals surface area contributed by atoms with Gasteiger partial charge in [0.05, 0.1) is 44.2 Å². The summed E-state index contributed by atoms with van der Waals surface area (Å²) in [5.74, 6) is 7.61. The first-order valence-corrected chi connectivity index (χ1v) is 22.2. The van der Waals surface area contributed by atoms with Gasteiger partial charge in [0.25, 0.3) is 0 Å². The molecule has 0 saturated heterocycles. The van der Waals surface area contributed by atoms with Gasteiger partial charge in [-0.25, -0.2) is 4.98 Å². The van der Waals surface area contributed by atoms with Crippen molar-refractivity contribution in [2.75, 3.05) is 12.8 Å². The highest BCUT2D eigenvalue weighted by Gasteiger charge is 2.42. The molecule has 10 nitrogen and oxygen atoms in total. The molecule has 10 unspecified atom stereocenters. The monoisotopic (exact) mass is 830 g/mol. The number of carbonyl (C=O) groups is 2. The van der Waals surface area contributed by atoms with Crippen LogP contribution in [0.3, 0.4) is 0 Å². The third kappa shape index (κ3) is 11.9. The van der Waals surface area contributed by atoms with Crippen LogP contribution < -0.4 is 10.5 Å². The number of Topliss-reactive ketones (excluding diaryl/α,β-unsaturated/α-hetero) is 2. The Hall–Kier alpha value is -4.95. The molecule has 0 radical (unpaired) electrons. The maximum Gasteiger partial charge on any atom is 0.177 e. The standard InChI is InChI=1S/C51H63N3O7/c1-5-9-43(47(58)27-40-24-39(30-54-40)31(2)12-17-46(57)32(3)55)38-22-34(20-33-18-19-53-51(52)23-33)21-36-14-16-42(35-10-7-6-8-11-35)44-29-49(60)50(61-4)26-37(44)13-15-41(56)28-48(59)45(36)25-38/h6-8,10-11,18-19,23-24,26,29-32,34,36,38,42-43,45-47,55,57-58H,5,9,12-13,15,17,20-22,25,27-28H2,1-4H3,(H2-,52,53,60)/p+1. The van der Waals surface area contributed by atoms with Crippen LogP contribution in [-0.2, 0) is 22.4 Å². The van der Waals surface area contributed by atoms with E-state index in [0.717, 1.165) is 53.1 Å². The van der Waals surface area contributed by atoms with E-state index in [2.05, 4.69) is 30.7 Å². The Morgan fingerprint density at radius 2 is 1.74 bits per heavy atom. The number of methoxy groups -OCH3 is 1. The van der Waals surface area contributed by atoms with Crippen LogP contribution in [0.2, 0.25) is 0 Å². The molecule has 2 aromatic carbocycles. The number of aliphatic imine (C=N–C) groups is 1. The Morgan fingerprint density at radius 1 is 0.951 bits per heavy atom. The van der Waals surface area contributed by atoms with Crippen LogP contribution in [0.1, 0.15) is 113 Å². The fraction of sp³-hybridized carbons (Fsp3) is 0.510. The summed E-state index contributed by atoms with van der Waals surface area (Å²) in [6.45, 7) is 5.80. The summed E-state index contributed by atoms with van der Waals surface area (Å²) in [7, 11) is 1.50. The molecule has 2 heterocycles. The Kier molecular flexibility index (Phi) is 15.9. The number of anilines is 1. The molecule has 1 saturated carbocycles.